The van der Waals surface area contributed by atoms with Gasteiger partial charge in [-0.2, -0.15) is 0 Å². The van der Waals surface area contributed by atoms with Crippen LogP contribution < -0.4 is 20.1 Å². The number of rotatable bonds is 4. The van der Waals surface area contributed by atoms with Gasteiger partial charge in [-0.15, -0.1) is 0 Å². The van der Waals surface area contributed by atoms with Crippen LogP contribution in [0.4, 0.5) is 9.18 Å². The highest BCUT2D eigenvalue weighted by Crippen LogP contribution is 2.35. The van der Waals surface area contributed by atoms with Crippen LogP contribution in [0.15, 0.2) is 18.2 Å². The number of ether oxygens (including phenoxy) is 2. The zero-order valence-corrected chi connectivity index (χ0v) is 9.16. The summed E-state index contributed by atoms with van der Waals surface area (Å²) in [6.07, 6.45) is 0. The first-order valence-electron chi connectivity index (χ1n) is 5.26. The molecule has 0 aliphatic carbocycles. The van der Waals surface area contributed by atoms with E-state index in [9.17, 15) is 9.18 Å². The Bertz CT molecular complexity index is 412. The third-order valence-corrected chi connectivity index (χ3v) is 2.30. The average Bonchev–Trinajstić information content (AvgIpc) is 2.82. The molecule has 1 aliphatic rings. The molecule has 17 heavy (non-hydrogen) atoms. The fourth-order valence-corrected chi connectivity index (χ4v) is 1.53. The van der Waals surface area contributed by atoms with E-state index >= 15 is 0 Å². The maximum Gasteiger partial charge on any atom is 0.315 e. The number of hydrogen-bond acceptors (Lipinski definition) is 3. The molecule has 6 heteroatoms. The van der Waals surface area contributed by atoms with Gasteiger partial charge in [-0.3, -0.25) is 0 Å². The Labute approximate surface area is 97.9 Å². The van der Waals surface area contributed by atoms with Crippen molar-refractivity contribution in [2.75, 3.05) is 20.0 Å². The van der Waals surface area contributed by atoms with Crippen LogP contribution in [0.5, 0.6) is 11.5 Å². The van der Waals surface area contributed by atoms with Gasteiger partial charge < -0.3 is 20.1 Å². The van der Waals surface area contributed by atoms with Gasteiger partial charge in [0, 0.05) is 18.7 Å². The molecule has 0 aromatic heterocycles. The van der Waals surface area contributed by atoms with Crippen LogP contribution in [0, 0.1) is 0 Å². The molecule has 0 saturated heterocycles. The lowest BCUT2D eigenvalue weighted by Crippen LogP contribution is -2.36. The molecule has 1 aromatic rings. The summed E-state index contributed by atoms with van der Waals surface area (Å²) in [7, 11) is 0. The van der Waals surface area contributed by atoms with Crippen molar-refractivity contribution >= 4 is 6.03 Å². The third-order valence-electron chi connectivity index (χ3n) is 2.30. The molecule has 0 saturated carbocycles. The molecular formula is C11H13FN2O3. The molecule has 0 fully saturated rings. The first-order valence-corrected chi connectivity index (χ1v) is 5.26. The maximum absolute atomic E-state index is 11.8. The van der Waals surface area contributed by atoms with Gasteiger partial charge in [0.1, 0.15) is 6.67 Å². The Hall–Kier alpha value is -1.98. The predicted octanol–water partition coefficient (Wildman–Crippen LogP) is 1.18. The van der Waals surface area contributed by atoms with E-state index in [1.54, 1.807) is 6.07 Å². The predicted molar refractivity (Wildman–Crippen MR) is 58.8 cm³/mol. The minimum atomic E-state index is -0.578. The number of para-hydroxylation sites is 1. The summed E-state index contributed by atoms with van der Waals surface area (Å²) < 4.78 is 22.3. The Balaban J connectivity index is 1.91. The van der Waals surface area contributed by atoms with Gasteiger partial charge in [0.25, 0.3) is 0 Å². The van der Waals surface area contributed by atoms with Gasteiger partial charge in [-0.25, -0.2) is 9.18 Å². The lowest BCUT2D eigenvalue weighted by Gasteiger charge is -2.08. The average molecular weight is 240 g/mol. The summed E-state index contributed by atoms with van der Waals surface area (Å²) in [5, 5.41) is 4.98. The van der Waals surface area contributed by atoms with E-state index < -0.39 is 12.7 Å². The zero-order chi connectivity index (χ0) is 12.1. The summed E-state index contributed by atoms with van der Waals surface area (Å²) in [6, 6.07) is 5.06. The fourth-order valence-electron chi connectivity index (χ4n) is 1.53. The van der Waals surface area contributed by atoms with Crippen molar-refractivity contribution in [3.8, 4) is 11.5 Å². The van der Waals surface area contributed by atoms with Crippen molar-refractivity contribution in [1.82, 2.24) is 10.6 Å². The fraction of sp³-hybridized carbons (Fsp3) is 0.364. The molecule has 5 nitrogen and oxygen atoms in total. The van der Waals surface area contributed by atoms with E-state index in [1.165, 1.54) is 0 Å². The normalized spacial score (nSPS) is 12.3. The van der Waals surface area contributed by atoms with Crippen LogP contribution in [0.3, 0.4) is 0 Å². The van der Waals surface area contributed by atoms with Crippen LogP contribution in [0.25, 0.3) is 0 Å². The SMILES string of the molecule is O=C(NCCF)NCc1cccc2c1OCO2. The minimum Gasteiger partial charge on any atom is -0.454 e. The Morgan fingerprint density at radius 1 is 1.35 bits per heavy atom. The van der Waals surface area contributed by atoms with E-state index in [0.29, 0.717) is 18.0 Å². The van der Waals surface area contributed by atoms with Gasteiger partial charge in [0.2, 0.25) is 6.79 Å². The summed E-state index contributed by atoms with van der Waals surface area (Å²) in [5.74, 6) is 1.33. The number of carbonyl (C=O) groups excluding carboxylic acids is 1. The number of hydrogen-bond donors (Lipinski definition) is 2. The van der Waals surface area contributed by atoms with Crippen molar-refractivity contribution in [3.05, 3.63) is 23.8 Å². The monoisotopic (exact) mass is 240 g/mol. The topological polar surface area (TPSA) is 59.6 Å². The molecule has 2 amide bonds. The lowest BCUT2D eigenvalue weighted by atomic mass is 10.2. The van der Waals surface area contributed by atoms with Crippen LogP contribution in [0.2, 0.25) is 0 Å². The number of carbonyl (C=O) groups is 1. The molecule has 0 spiro atoms. The Morgan fingerprint density at radius 2 is 2.24 bits per heavy atom. The lowest BCUT2D eigenvalue weighted by molar-refractivity contribution is 0.173. The Morgan fingerprint density at radius 3 is 3.06 bits per heavy atom. The van der Waals surface area contributed by atoms with Crippen LogP contribution in [0.1, 0.15) is 5.56 Å². The number of fused-ring (bicyclic) bond motifs is 1. The van der Waals surface area contributed by atoms with E-state index in [4.69, 9.17) is 9.47 Å². The molecule has 0 atom stereocenters. The summed E-state index contributed by atoms with van der Waals surface area (Å²) in [4.78, 5) is 11.2. The second-order valence-electron chi connectivity index (χ2n) is 3.45. The number of benzene rings is 1. The first kappa shape index (κ1) is 11.5. The highest BCUT2D eigenvalue weighted by molar-refractivity contribution is 5.73. The zero-order valence-electron chi connectivity index (χ0n) is 9.16. The number of amides is 2. The van der Waals surface area contributed by atoms with Crippen molar-refractivity contribution in [2.24, 2.45) is 0 Å². The van der Waals surface area contributed by atoms with Crippen LogP contribution in [-0.4, -0.2) is 26.0 Å². The van der Waals surface area contributed by atoms with E-state index in [0.717, 1.165) is 5.56 Å². The summed E-state index contributed by atoms with van der Waals surface area (Å²) in [5.41, 5.74) is 0.829. The highest BCUT2D eigenvalue weighted by atomic mass is 19.1. The second kappa shape index (κ2) is 5.38. The molecule has 1 aromatic carbocycles. The van der Waals surface area contributed by atoms with Crippen molar-refractivity contribution in [3.63, 3.8) is 0 Å². The number of halogens is 1. The molecule has 0 bridgehead atoms. The number of urea groups is 1. The Kier molecular flexibility index (Phi) is 3.64. The first-order chi connectivity index (χ1) is 8.31. The largest absolute Gasteiger partial charge is 0.454 e. The summed E-state index contributed by atoms with van der Waals surface area (Å²) >= 11 is 0. The van der Waals surface area contributed by atoms with E-state index in [1.807, 2.05) is 12.1 Å². The molecule has 1 aliphatic heterocycles. The molecule has 92 valence electrons. The van der Waals surface area contributed by atoms with Crippen LogP contribution >= 0.6 is 0 Å². The van der Waals surface area contributed by atoms with Gasteiger partial charge >= 0.3 is 6.03 Å². The standard InChI is InChI=1S/C11H13FN2O3/c12-4-5-13-11(15)14-6-8-2-1-3-9-10(8)17-7-16-9/h1-3H,4-7H2,(H2,13,14,15). The van der Waals surface area contributed by atoms with Crippen molar-refractivity contribution < 1.29 is 18.7 Å². The van der Waals surface area contributed by atoms with Gasteiger partial charge in [-0.1, -0.05) is 12.1 Å². The highest BCUT2D eigenvalue weighted by Gasteiger charge is 2.17. The minimum absolute atomic E-state index is 0.0122. The third kappa shape index (κ3) is 2.77. The van der Waals surface area contributed by atoms with Gasteiger partial charge in [0.15, 0.2) is 11.5 Å². The molecule has 0 radical (unpaired) electrons. The smallest absolute Gasteiger partial charge is 0.315 e. The second-order valence-corrected chi connectivity index (χ2v) is 3.45. The molecular weight excluding hydrogens is 227 g/mol. The quantitative estimate of drug-likeness (QED) is 0.831. The molecule has 0 unspecified atom stereocenters. The van der Waals surface area contributed by atoms with Crippen molar-refractivity contribution in [1.29, 1.82) is 0 Å². The maximum atomic E-state index is 11.8. The van der Waals surface area contributed by atoms with E-state index in [2.05, 4.69) is 10.6 Å². The van der Waals surface area contributed by atoms with E-state index in [-0.39, 0.29) is 13.3 Å². The number of nitrogens with one attached hydrogen (secondary N) is 2. The number of alkyl halides is 1. The molecule has 2 N–H and O–H groups in total. The molecule has 2 rings (SSSR count). The molecule has 1 heterocycles. The van der Waals surface area contributed by atoms with Crippen LogP contribution in [-0.2, 0) is 6.54 Å². The van der Waals surface area contributed by atoms with Gasteiger partial charge in [0.05, 0.1) is 0 Å². The van der Waals surface area contributed by atoms with Gasteiger partial charge in [-0.05, 0) is 6.07 Å². The van der Waals surface area contributed by atoms with Crippen molar-refractivity contribution in [2.45, 2.75) is 6.54 Å². The summed E-state index contributed by atoms with van der Waals surface area (Å²) in [6.45, 7) is -0.0610.